The third kappa shape index (κ3) is 2.25. The van der Waals surface area contributed by atoms with Crippen LogP contribution in [0, 0.1) is 3.77 Å². The van der Waals surface area contributed by atoms with Crippen molar-refractivity contribution in [1.82, 2.24) is 4.90 Å². The van der Waals surface area contributed by atoms with Crippen molar-refractivity contribution < 1.29 is 18.7 Å². The van der Waals surface area contributed by atoms with Crippen molar-refractivity contribution in [1.29, 1.82) is 0 Å². The first kappa shape index (κ1) is 13.7. The number of esters is 1. The predicted molar refractivity (Wildman–Crippen MR) is 79.7 cm³/mol. The minimum Gasteiger partial charge on any atom is -0.464 e. The number of ether oxygens (including phenoxy) is 1. The number of nitrogens with zero attached hydrogens (tertiary/aromatic N) is 1. The number of likely N-dealkylation sites (tertiary alicyclic amines) is 1. The molecule has 6 heteroatoms. The Hall–Kier alpha value is -1.31. The molecule has 0 N–H and O–H groups in total. The van der Waals surface area contributed by atoms with Crippen LogP contribution in [-0.2, 0) is 14.3 Å². The molecule has 1 atom stereocenters. The molecular weight excluding hydrogens is 373 g/mol. The Morgan fingerprint density at radius 2 is 2.25 bits per heavy atom. The lowest BCUT2D eigenvalue weighted by atomic mass is 9.94. The van der Waals surface area contributed by atoms with E-state index in [2.05, 4.69) is 22.6 Å². The number of halogens is 1. The number of hydrogen-bond acceptors (Lipinski definition) is 4. The van der Waals surface area contributed by atoms with Gasteiger partial charge in [0.25, 0.3) is 0 Å². The summed E-state index contributed by atoms with van der Waals surface area (Å²) in [5.41, 5.74) is -0.723. The summed E-state index contributed by atoms with van der Waals surface area (Å²) < 4.78 is 11.2. The quantitative estimate of drug-likeness (QED) is 0.444. The molecule has 5 nitrogen and oxygen atoms in total. The van der Waals surface area contributed by atoms with Gasteiger partial charge in [-0.05, 0) is 53.6 Å². The Morgan fingerprint density at radius 3 is 2.90 bits per heavy atom. The second-order valence-corrected chi connectivity index (χ2v) is 6.05. The van der Waals surface area contributed by atoms with Gasteiger partial charge in [-0.25, -0.2) is 4.79 Å². The number of furan rings is 1. The lowest BCUT2D eigenvalue weighted by Crippen LogP contribution is -2.50. The molecule has 1 amide bonds. The zero-order chi connectivity index (χ0) is 14.2. The maximum Gasteiger partial charge on any atom is 0.332 e. The maximum atomic E-state index is 12.3. The van der Waals surface area contributed by atoms with Crippen LogP contribution in [-0.4, -0.2) is 35.5 Å². The zero-order valence-electron chi connectivity index (χ0n) is 10.8. The van der Waals surface area contributed by atoms with Gasteiger partial charge in [-0.1, -0.05) is 0 Å². The molecule has 1 aromatic rings. The van der Waals surface area contributed by atoms with Gasteiger partial charge in [0.05, 0.1) is 6.61 Å². The summed E-state index contributed by atoms with van der Waals surface area (Å²) in [6, 6.07) is 3.63. The van der Waals surface area contributed by atoms with Crippen molar-refractivity contribution in [2.45, 2.75) is 24.8 Å². The second kappa shape index (κ2) is 5.23. The molecule has 20 heavy (non-hydrogen) atoms. The highest BCUT2D eigenvalue weighted by atomic mass is 127. The van der Waals surface area contributed by atoms with Crippen LogP contribution in [0.25, 0.3) is 6.08 Å². The summed E-state index contributed by atoms with van der Waals surface area (Å²) >= 11 is 2.07. The highest BCUT2D eigenvalue weighted by Crippen LogP contribution is 2.37. The van der Waals surface area contributed by atoms with Gasteiger partial charge in [-0.15, -0.1) is 0 Å². The second-order valence-electron chi connectivity index (χ2n) is 4.99. The molecule has 2 fully saturated rings. The van der Waals surface area contributed by atoms with E-state index in [1.54, 1.807) is 17.0 Å². The maximum absolute atomic E-state index is 12.3. The molecule has 1 spiro atoms. The Morgan fingerprint density at radius 1 is 1.40 bits per heavy atom. The molecule has 0 bridgehead atoms. The molecule has 3 rings (SSSR count). The largest absolute Gasteiger partial charge is 0.464 e. The fourth-order valence-corrected chi connectivity index (χ4v) is 3.32. The van der Waals surface area contributed by atoms with Crippen LogP contribution < -0.4 is 0 Å². The van der Waals surface area contributed by atoms with E-state index in [1.807, 2.05) is 6.07 Å². The third-order valence-electron chi connectivity index (χ3n) is 3.87. The number of hydrogen-bond donors (Lipinski definition) is 0. The number of carbonyl (C=O) groups excluding carboxylic acids is 2. The van der Waals surface area contributed by atoms with Gasteiger partial charge in [-0.3, -0.25) is 4.79 Å². The minimum absolute atomic E-state index is 0.159. The first-order chi connectivity index (χ1) is 9.62. The first-order valence-corrected chi connectivity index (χ1v) is 7.62. The fraction of sp³-hybridized carbons (Fsp3) is 0.429. The molecule has 106 valence electrons. The van der Waals surface area contributed by atoms with Crippen LogP contribution in [0.2, 0.25) is 0 Å². The van der Waals surface area contributed by atoms with E-state index in [1.165, 1.54) is 6.08 Å². The van der Waals surface area contributed by atoms with Crippen LogP contribution in [0.5, 0.6) is 0 Å². The van der Waals surface area contributed by atoms with Gasteiger partial charge < -0.3 is 14.1 Å². The number of rotatable bonds is 2. The van der Waals surface area contributed by atoms with E-state index in [0.29, 0.717) is 31.8 Å². The highest BCUT2D eigenvalue weighted by Gasteiger charge is 2.53. The molecule has 0 aromatic carbocycles. The normalized spacial score (nSPS) is 25.9. The monoisotopic (exact) mass is 387 g/mol. The van der Waals surface area contributed by atoms with Gasteiger partial charge in [0.2, 0.25) is 5.91 Å². The minimum atomic E-state index is -0.723. The predicted octanol–water partition coefficient (Wildman–Crippen LogP) is 2.21. The molecular formula is C14H14INO4. The summed E-state index contributed by atoms with van der Waals surface area (Å²) in [7, 11) is 0. The van der Waals surface area contributed by atoms with Crippen LogP contribution in [0.4, 0.5) is 0 Å². The highest BCUT2D eigenvalue weighted by molar-refractivity contribution is 14.1. The lowest BCUT2D eigenvalue weighted by Gasteiger charge is -2.30. The van der Waals surface area contributed by atoms with E-state index in [9.17, 15) is 9.59 Å². The summed E-state index contributed by atoms with van der Waals surface area (Å²) in [5, 5.41) is 0. The van der Waals surface area contributed by atoms with E-state index in [-0.39, 0.29) is 11.9 Å². The summed E-state index contributed by atoms with van der Waals surface area (Å²) in [4.78, 5) is 25.9. The Kier molecular flexibility index (Phi) is 3.57. The van der Waals surface area contributed by atoms with E-state index in [4.69, 9.17) is 9.15 Å². The van der Waals surface area contributed by atoms with Gasteiger partial charge in [-0.2, -0.15) is 0 Å². The van der Waals surface area contributed by atoms with Gasteiger partial charge >= 0.3 is 5.97 Å². The van der Waals surface area contributed by atoms with Crippen molar-refractivity contribution >= 4 is 40.5 Å². The topological polar surface area (TPSA) is 59.8 Å². The van der Waals surface area contributed by atoms with Crippen LogP contribution in [0.15, 0.2) is 22.6 Å². The molecule has 2 aliphatic rings. The van der Waals surface area contributed by atoms with Crippen molar-refractivity contribution in [3.05, 3.63) is 27.7 Å². The molecule has 0 radical (unpaired) electrons. The van der Waals surface area contributed by atoms with Crippen molar-refractivity contribution in [3.63, 3.8) is 0 Å². The average molecular weight is 387 g/mol. The van der Waals surface area contributed by atoms with E-state index < -0.39 is 5.54 Å². The third-order valence-corrected chi connectivity index (χ3v) is 4.45. The van der Waals surface area contributed by atoms with E-state index in [0.717, 1.165) is 10.2 Å². The molecule has 2 saturated heterocycles. The first-order valence-electron chi connectivity index (χ1n) is 6.54. The Balaban J connectivity index is 1.76. The summed E-state index contributed by atoms with van der Waals surface area (Å²) in [6.45, 7) is 1.01. The molecule has 0 saturated carbocycles. The SMILES string of the molecule is O=C(/C=C/c1ccc(I)o1)N1CCCC12CCOC2=O. The number of amides is 1. The van der Waals surface area contributed by atoms with Gasteiger partial charge in [0, 0.05) is 19.0 Å². The molecule has 0 aliphatic carbocycles. The summed E-state index contributed by atoms with van der Waals surface area (Å²) in [6.07, 6.45) is 5.24. The smallest absolute Gasteiger partial charge is 0.332 e. The molecule has 3 heterocycles. The Bertz CT molecular complexity index is 575. The van der Waals surface area contributed by atoms with Crippen LogP contribution in [0.3, 0.4) is 0 Å². The van der Waals surface area contributed by atoms with Crippen molar-refractivity contribution in [2.24, 2.45) is 0 Å². The standard InChI is InChI=1S/C14H14INO4/c15-11-4-2-10(20-11)3-5-12(17)16-8-1-6-14(16)7-9-19-13(14)18/h2-5H,1,6-9H2/b5-3+. The summed E-state index contributed by atoms with van der Waals surface area (Å²) in [5.74, 6) is 0.210. The fourth-order valence-electron chi connectivity index (χ4n) is 2.88. The molecule has 2 aliphatic heterocycles. The number of cyclic esters (lactones) is 1. The Labute approximate surface area is 130 Å². The molecule has 1 aromatic heterocycles. The molecule has 1 unspecified atom stereocenters. The van der Waals surface area contributed by atoms with Crippen molar-refractivity contribution in [2.75, 3.05) is 13.2 Å². The van der Waals surface area contributed by atoms with Crippen molar-refractivity contribution in [3.8, 4) is 0 Å². The van der Waals surface area contributed by atoms with Gasteiger partial charge in [0.15, 0.2) is 3.77 Å². The lowest BCUT2D eigenvalue weighted by molar-refractivity contribution is -0.151. The van der Waals surface area contributed by atoms with Gasteiger partial charge in [0.1, 0.15) is 11.3 Å². The number of carbonyl (C=O) groups is 2. The van der Waals surface area contributed by atoms with Crippen LogP contribution >= 0.6 is 22.6 Å². The average Bonchev–Trinajstić information content (AvgIpc) is 3.11. The van der Waals surface area contributed by atoms with Crippen LogP contribution in [0.1, 0.15) is 25.0 Å². The van der Waals surface area contributed by atoms with E-state index >= 15 is 0 Å². The zero-order valence-corrected chi connectivity index (χ0v) is 13.0.